The van der Waals surface area contributed by atoms with E-state index in [1.54, 1.807) is 6.92 Å². The lowest BCUT2D eigenvalue weighted by molar-refractivity contribution is -0.122. The number of aryl methyl sites for hydroxylation is 2. The van der Waals surface area contributed by atoms with Crippen LogP contribution >= 0.6 is 0 Å². The number of halogens is 1. The number of nitrogens with one attached hydrogen (secondary N) is 2. The lowest BCUT2D eigenvalue weighted by Crippen LogP contribution is -2.38. The molecule has 1 aliphatic carbocycles. The highest BCUT2D eigenvalue weighted by molar-refractivity contribution is 5.76. The van der Waals surface area contributed by atoms with Crippen LogP contribution in [0, 0.1) is 25.6 Å². The topological polar surface area (TPSA) is 74.8 Å². The van der Waals surface area contributed by atoms with Crippen molar-refractivity contribution in [3.63, 3.8) is 0 Å². The summed E-state index contributed by atoms with van der Waals surface area (Å²) in [6.07, 6.45) is 4.93. The van der Waals surface area contributed by atoms with Gasteiger partial charge in [0, 0.05) is 23.9 Å². The number of carbonyl (C=O) groups is 1. The Bertz CT molecular complexity index is 834. The second-order valence-electron chi connectivity index (χ2n) is 7.43. The third-order valence-corrected chi connectivity index (χ3v) is 5.47. The number of benzene rings is 1. The van der Waals surface area contributed by atoms with Crippen LogP contribution in [0.1, 0.15) is 48.2 Å². The van der Waals surface area contributed by atoms with Gasteiger partial charge < -0.3 is 10.3 Å². The minimum atomic E-state index is -0.354. The van der Waals surface area contributed by atoms with Gasteiger partial charge in [-0.15, -0.1) is 0 Å². The molecule has 5 nitrogen and oxygen atoms in total. The van der Waals surface area contributed by atoms with Crippen molar-refractivity contribution in [2.24, 2.45) is 5.92 Å². The molecule has 1 fully saturated rings. The summed E-state index contributed by atoms with van der Waals surface area (Å²) in [6.45, 7) is 3.63. The average Bonchev–Trinajstić information content (AvgIpc) is 3.02. The molecule has 1 amide bonds. The van der Waals surface area contributed by atoms with Crippen molar-refractivity contribution < 1.29 is 9.18 Å². The second kappa shape index (κ2) is 8.46. The molecule has 1 aliphatic rings. The summed E-state index contributed by atoms with van der Waals surface area (Å²) < 4.78 is 13.1. The molecule has 1 saturated carbocycles. The molecule has 0 bridgehead atoms. The molecule has 0 unspecified atom stereocenters. The highest BCUT2D eigenvalue weighted by atomic mass is 19.1. The number of hydrogen-bond acceptors (Lipinski definition) is 3. The van der Waals surface area contributed by atoms with E-state index in [2.05, 4.69) is 15.3 Å². The summed E-state index contributed by atoms with van der Waals surface area (Å²) >= 11 is 0. The Kier molecular flexibility index (Phi) is 6.04. The molecule has 0 spiro atoms. The van der Waals surface area contributed by atoms with Crippen LogP contribution in [0.25, 0.3) is 0 Å². The van der Waals surface area contributed by atoms with Crippen molar-refractivity contribution >= 4 is 5.91 Å². The fourth-order valence-corrected chi connectivity index (χ4v) is 4.04. The van der Waals surface area contributed by atoms with Gasteiger partial charge in [-0.2, -0.15) is 4.98 Å². The zero-order valence-corrected chi connectivity index (χ0v) is 15.8. The molecule has 2 N–H and O–H groups in total. The predicted molar refractivity (Wildman–Crippen MR) is 102 cm³/mol. The molecular formula is C21H26FN3O2. The summed E-state index contributed by atoms with van der Waals surface area (Å²) in [7, 11) is 0. The van der Waals surface area contributed by atoms with Crippen LogP contribution in [0.15, 0.2) is 29.1 Å². The second-order valence-corrected chi connectivity index (χ2v) is 7.43. The van der Waals surface area contributed by atoms with Crippen molar-refractivity contribution in [1.82, 2.24) is 15.3 Å². The Morgan fingerprint density at radius 2 is 2.00 bits per heavy atom. The zero-order valence-electron chi connectivity index (χ0n) is 15.8. The van der Waals surface area contributed by atoms with E-state index in [0.717, 1.165) is 42.5 Å². The van der Waals surface area contributed by atoms with Crippen molar-refractivity contribution in [2.45, 2.75) is 58.4 Å². The van der Waals surface area contributed by atoms with E-state index in [-0.39, 0.29) is 23.5 Å². The largest absolute Gasteiger partial charge is 0.353 e. The first-order valence-electron chi connectivity index (χ1n) is 9.52. The van der Waals surface area contributed by atoms with Gasteiger partial charge in [0.05, 0.1) is 0 Å². The molecule has 0 radical (unpaired) electrons. The van der Waals surface area contributed by atoms with E-state index in [1.165, 1.54) is 12.1 Å². The molecule has 3 rings (SSSR count). The van der Waals surface area contributed by atoms with E-state index in [0.29, 0.717) is 24.5 Å². The molecule has 1 heterocycles. The molecule has 0 saturated heterocycles. The summed E-state index contributed by atoms with van der Waals surface area (Å²) in [5.74, 6) is 0.186. The number of amides is 1. The van der Waals surface area contributed by atoms with Crippen molar-refractivity contribution in [2.75, 3.05) is 0 Å². The quantitative estimate of drug-likeness (QED) is 0.820. The molecule has 0 aliphatic heterocycles. The predicted octanol–water partition coefficient (Wildman–Crippen LogP) is 2.99. The van der Waals surface area contributed by atoms with Crippen LogP contribution in [0.5, 0.6) is 0 Å². The SMILES string of the molecule is Cc1nc(=O)[nH]c(C)c1CCC(=O)N[C@H]1CCC[C@H]1Cc1ccc(F)cc1. The molecule has 6 heteroatoms. The molecule has 27 heavy (non-hydrogen) atoms. The third-order valence-electron chi connectivity index (χ3n) is 5.47. The van der Waals surface area contributed by atoms with Gasteiger partial charge in [0.25, 0.3) is 0 Å². The fraction of sp³-hybridized carbons (Fsp3) is 0.476. The Balaban J connectivity index is 1.55. The van der Waals surface area contributed by atoms with Crippen LogP contribution in [0.2, 0.25) is 0 Å². The van der Waals surface area contributed by atoms with Crippen molar-refractivity contribution in [3.8, 4) is 0 Å². The molecular weight excluding hydrogens is 345 g/mol. The Morgan fingerprint density at radius 1 is 1.26 bits per heavy atom. The molecule has 144 valence electrons. The lowest BCUT2D eigenvalue weighted by atomic mass is 9.94. The minimum absolute atomic E-state index is 0.0241. The fourth-order valence-electron chi connectivity index (χ4n) is 4.04. The van der Waals surface area contributed by atoms with E-state index >= 15 is 0 Å². The standard InChI is InChI=1S/C21H26FN3O2/c1-13-18(14(2)24-21(27)23-13)10-11-20(26)25-19-5-3-4-16(19)12-15-6-8-17(22)9-7-15/h6-9,16,19H,3-5,10-12H2,1-2H3,(H,25,26)(H,23,24,27)/t16-,19-/m0/s1. The maximum Gasteiger partial charge on any atom is 0.345 e. The number of hydrogen-bond donors (Lipinski definition) is 2. The Morgan fingerprint density at radius 3 is 2.70 bits per heavy atom. The van der Waals surface area contributed by atoms with Gasteiger partial charge in [0.1, 0.15) is 5.82 Å². The van der Waals surface area contributed by atoms with Crippen molar-refractivity contribution in [3.05, 3.63) is 63.1 Å². The molecule has 2 aromatic rings. The van der Waals surface area contributed by atoms with Gasteiger partial charge in [-0.1, -0.05) is 18.6 Å². The summed E-state index contributed by atoms with van der Waals surface area (Å²) in [4.78, 5) is 30.4. The number of aromatic nitrogens is 2. The highest BCUT2D eigenvalue weighted by Gasteiger charge is 2.28. The summed E-state index contributed by atoms with van der Waals surface area (Å²) in [5, 5.41) is 3.18. The molecule has 2 atom stereocenters. The average molecular weight is 371 g/mol. The van der Waals surface area contributed by atoms with E-state index < -0.39 is 0 Å². The first-order chi connectivity index (χ1) is 12.9. The monoisotopic (exact) mass is 371 g/mol. The number of rotatable bonds is 6. The maximum absolute atomic E-state index is 13.1. The lowest BCUT2D eigenvalue weighted by Gasteiger charge is -2.21. The Labute approximate surface area is 158 Å². The van der Waals surface area contributed by atoms with Crippen LogP contribution in [0.4, 0.5) is 4.39 Å². The van der Waals surface area contributed by atoms with Crippen LogP contribution < -0.4 is 11.0 Å². The van der Waals surface area contributed by atoms with E-state index in [4.69, 9.17) is 0 Å². The molecule has 1 aromatic carbocycles. The van der Waals surface area contributed by atoms with Crippen LogP contribution in [-0.2, 0) is 17.6 Å². The maximum atomic E-state index is 13.1. The normalized spacial score (nSPS) is 19.2. The van der Waals surface area contributed by atoms with Gasteiger partial charge in [-0.25, -0.2) is 9.18 Å². The number of nitrogens with zero attached hydrogens (tertiary/aromatic N) is 1. The number of H-pyrrole nitrogens is 1. The first kappa shape index (κ1) is 19.3. The van der Waals surface area contributed by atoms with E-state index in [9.17, 15) is 14.0 Å². The van der Waals surface area contributed by atoms with Gasteiger partial charge >= 0.3 is 5.69 Å². The first-order valence-corrected chi connectivity index (χ1v) is 9.52. The van der Waals surface area contributed by atoms with E-state index in [1.807, 2.05) is 19.1 Å². The Hall–Kier alpha value is -2.50. The number of aromatic amines is 1. The van der Waals surface area contributed by atoms with Gasteiger partial charge in [-0.05, 0) is 68.7 Å². The smallest absolute Gasteiger partial charge is 0.345 e. The third kappa shape index (κ3) is 5.02. The zero-order chi connectivity index (χ0) is 19.4. The molecule has 1 aromatic heterocycles. The van der Waals surface area contributed by atoms with Gasteiger partial charge in [0.15, 0.2) is 0 Å². The van der Waals surface area contributed by atoms with Crippen LogP contribution in [-0.4, -0.2) is 21.9 Å². The van der Waals surface area contributed by atoms with Crippen LogP contribution in [0.3, 0.4) is 0 Å². The summed E-state index contributed by atoms with van der Waals surface area (Å²) in [6, 6.07) is 6.78. The minimum Gasteiger partial charge on any atom is -0.353 e. The highest BCUT2D eigenvalue weighted by Crippen LogP contribution is 2.29. The summed E-state index contributed by atoms with van der Waals surface area (Å²) in [5.41, 5.74) is 3.13. The van der Waals surface area contributed by atoms with Gasteiger partial charge in [0.2, 0.25) is 5.91 Å². The van der Waals surface area contributed by atoms with Crippen molar-refractivity contribution in [1.29, 1.82) is 0 Å². The van der Waals surface area contributed by atoms with Gasteiger partial charge in [-0.3, -0.25) is 4.79 Å². The number of carbonyl (C=O) groups excluding carboxylic acids is 1.